The van der Waals surface area contributed by atoms with E-state index in [9.17, 15) is 9.59 Å². The van der Waals surface area contributed by atoms with Crippen molar-refractivity contribution in [2.24, 2.45) is 23.7 Å². The van der Waals surface area contributed by atoms with Crippen LogP contribution in [0.25, 0.3) is 0 Å². The first-order chi connectivity index (χ1) is 5.63. The normalized spacial score (nSPS) is 40.1. The molecule has 0 aromatic heterocycles. The van der Waals surface area contributed by atoms with Crippen LogP contribution in [0.3, 0.4) is 0 Å². The predicted molar refractivity (Wildman–Crippen MR) is 44.6 cm³/mol. The van der Waals surface area contributed by atoms with Gasteiger partial charge >= 0.3 is 0 Å². The third kappa shape index (κ3) is 0.809. The summed E-state index contributed by atoms with van der Waals surface area (Å²) < 4.78 is 0. The van der Waals surface area contributed by atoms with E-state index in [1.165, 1.54) is 0 Å². The van der Waals surface area contributed by atoms with Crippen molar-refractivity contribution in [3.05, 3.63) is 0 Å². The molecule has 2 unspecified atom stereocenters. The number of Topliss-reactive ketones (excluding diaryl/α,β-unsaturated/α-hetero) is 2. The van der Waals surface area contributed by atoms with E-state index < -0.39 is 0 Å². The van der Waals surface area contributed by atoms with Crippen LogP contribution in [0.15, 0.2) is 0 Å². The van der Waals surface area contributed by atoms with E-state index in [0.717, 1.165) is 12.8 Å². The number of carbonyl (C=O) groups is 2. The second-order valence-electron chi connectivity index (χ2n) is 4.34. The molecular weight excluding hydrogens is 152 g/mol. The molecule has 2 aliphatic carbocycles. The van der Waals surface area contributed by atoms with Crippen LogP contribution in [0.4, 0.5) is 0 Å². The highest BCUT2D eigenvalue weighted by molar-refractivity contribution is 6.41. The molecule has 0 aliphatic heterocycles. The van der Waals surface area contributed by atoms with Crippen molar-refractivity contribution >= 4 is 11.6 Å². The maximum atomic E-state index is 11.3. The lowest BCUT2D eigenvalue weighted by molar-refractivity contribution is -0.138. The molecular formula is C10H14O2. The summed E-state index contributed by atoms with van der Waals surface area (Å²) in [5.74, 6) is 0.864. The van der Waals surface area contributed by atoms with Gasteiger partial charge in [-0.3, -0.25) is 9.59 Å². The number of rotatable bonds is 1. The SMILES string of the molecule is CC(C)C1C2CCC1C(=O)C2=O. The fourth-order valence-corrected chi connectivity index (χ4v) is 2.93. The Bertz CT molecular complexity index is 220. The van der Waals surface area contributed by atoms with Crippen LogP contribution < -0.4 is 0 Å². The van der Waals surface area contributed by atoms with Crippen LogP contribution in [-0.2, 0) is 9.59 Å². The Hall–Kier alpha value is -0.660. The summed E-state index contributed by atoms with van der Waals surface area (Å²) in [7, 11) is 0. The first kappa shape index (κ1) is 7.96. The van der Waals surface area contributed by atoms with Gasteiger partial charge in [0.05, 0.1) is 0 Å². The van der Waals surface area contributed by atoms with Crippen molar-refractivity contribution in [3.63, 3.8) is 0 Å². The molecule has 2 rings (SSSR count). The van der Waals surface area contributed by atoms with Crippen LogP contribution in [-0.4, -0.2) is 11.6 Å². The highest BCUT2D eigenvalue weighted by Crippen LogP contribution is 2.48. The van der Waals surface area contributed by atoms with Crippen molar-refractivity contribution in [2.45, 2.75) is 26.7 Å². The molecule has 0 amide bonds. The lowest BCUT2D eigenvalue weighted by atomic mass is 9.86. The zero-order chi connectivity index (χ0) is 8.88. The van der Waals surface area contributed by atoms with Crippen LogP contribution in [0.2, 0.25) is 0 Å². The minimum Gasteiger partial charge on any atom is -0.291 e. The number of carbonyl (C=O) groups excluding carboxylic acids is 2. The summed E-state index contributed by atoms with van der Waals surface area (Å²) >= 11 is 0. The van der Waals surface area contributed by atoms with Gasteiger partial charge in [0, 0.05) is 11.8 Å². The first-order valence-electron chi connectivity index (χ1n) is 4.71. The summed E-state index contributed by atoms with van der Waals surface area (Å²) in [5.41, 5.74) is 0. The Morgan fingerprint density at radius 2 is 1.50 bits per heavy atom. The molecule has 0 radical (unpaired) electrons. The van der Waals surface area contributed by atoms with Gasteiger partial charge in [-0.2, -0.15) is 0 Å². The number of fused-ring (bicyclic) bond motifs is 2. The van der Waals surface area contributed by atoms with Crippen molar-refractivity contribution in [3.8, 4) is 0 Å². The number of hydrogen-bond acceptors (Lipinski definition) is 2. The topological polar surface area (TPSA) is 34.1 Å². The third-order valence-electron chi connectivity index (χ3n) is 3.40. The van der Waals surface area contributed by atoms with Gasteiger partial charge in [0.2, 0.25) is 11.6 Å². The van der Waals surface area contributed by atoms with Gasteiger partial charge in [0.15, 0.2) is 0 Å². The highest BCUT2D eigenvalue weighted by Gasteiger charge is 2.54. The van der Waals surface area contributed by atoms with Gasteiger partial charge in [0.1, 0.15) is 0 Å². The largest absolute Gasteiger partial charge is 0.291 e. The molecule has 2 bridgehead atoms. The molecule has 0 N–H and O–H groups in total. The van der Waals surface area contributed by atoms with Gasteiger partial charge in [-0.1, -0.05) is 13.8 Å². The zero-order valence-corrected chi connectivity index (χ0v) is 7.54. The molecule has 0 heterocycles. The van der Waals surface area contributed by atoms with Gasteiger partial charge in [-0.25, -0.2) is 0 Å². The maximum absolute atomic E-state index is 11.3. The number of ketones is 2. The van der Waals surface area contributed by atoms with Crippen molar-refractivity contribution in [1.29, 1.82) is 0 Å². The smallest absolute Gasteiger partial charge is 0.202 e. The fraction of sp³-hybridized carbons (Fsp3) is 0.800. The summed E-state index contributed by atoms with van der Waals surface area (Å²) in [6, 6.07) is 0. The Morgan fingerprint density at radius 1 is 1.08 bits per heavy atom. The lowest BCUT2D eigenvalue weighted by Gasteiger charge is -2.16. The van der Waals surface area contributed by atoms with Crippen LogP contribution in [0, 0.1) is 23.7 Å². The van der Waals surface area contributed by atoms with Gasteiger partial charge < -0.3 is 0 Å². The van der Waals surface area contributed by atoms with E-state index >= 15 is 0 Å². The van der Waals surface area contributed by atoms with Crippen molar-refractivity contribution in [2.75, 3.05) is 0 Å². The Balaban J connectivity index is 2.30. The second kappa shape index (κ2) is 2.41. The average Bonchev–Trinajstić information content (AvgIpc) is 2.51. The third-order valence-corrected chi connectivity index (χ3v) is 3.40. The maximum Gasteiger partial charge on any atom is 0.202 e. The van der Waals surface area contributed by atoms with E-state index in [-0.39, 0.29) is 23.4 Å². The van der Waals surface area contributed by atoms with Gasteiger partial charge in [-0.05, 0) is 24.7 Å². The Kier molecular flexibility index (Phi) is 1.60. The molecule has 2 heteroatoms. The van der Waals surface area contributed by atoms with Crippen LogP contribution in [0.1, 0.15) is 26.7 Å². The first-order valence-corrected chi connectivity index (χ1v) is 4.71. The van der Waals surface area contributed by atoms with Crippen LogP contribution in [0.5, 0.6) is 0 Å². The summed E-state index contributed by atoms with van der Waals surface area (Å²) in [6.45, 7) is 4.23. The monoisotopic (exact) mass is 166 g/mol. The molecule has 0 spiro atoms. The Morgan fingerprint density at radius 3 is 1.75 bits per heavy atom. The van der Waals surface area contributed by atoms with E-state index in [4.69, 9.17) is 0 Å². The fourth-order valence-electron chi connectivity index (χ4n) is 2.93. The molecule has 2 saturated carbocycles. The quantitative estimate of drug-likeness (QED) is 0.552. The van der Waals surface area contributed by atoms with E-state index in [1.807, 2.05) is 0 Å². The molecule has 2 fully saturated rings. The molecule has 0 saturated heterocycles. The predicted octanol–water partition coefficient (Wildman–Crippen LogP) is 1.44. The van der Waals surface area contributed by atoms with E-state index in [1.54, 1.807) is 0 Å². The molecule has 12 heavy (non-hydrogen) atoms. The highest BCUT2D eigenvalue weighted by atomic mass is 16.2. The zero-order valence-electron chi connectivity index (χ0n) is 7.54. The molecule has 0 aromatic carbocycles. The Labute approximate surface area is 72.3 Å². The van der Waals surface area contributed by atoms with E-state index in [0.29, 0.717) is 11.8 Å². The second-order valence-corrected chi connectivity index (χ2v) is 4.34. The summed E-state index contributed by atoms with van der Waals surface area (Å²) in [5, 5.41) is 0. The summed E-state index contributed by atoms with van der Waals surface area (Å²) in [6.07, 6.45) is 1.91. The van der Waals surface area contributed by atoms with Crippen LogP contribution >= 0.6 is 0 Å². The van der Waals surface area contributed by atoms with Crippen molar-refractivity contribution in [1.82, 2.24) is 0 Å². The van der Waals surface area contributed by atoms with Gasteiger partial charge in [0.25, 0.3) is 0 Å². The van der Waals surface area contributed by atoms with Crippen molar-refractivity contribution < 1.29 is 9.59 Å². The molecule has 2 atom stereocenters. The summed E-state index contributed by atoms with van der Waals surface area (Å²) in [4.78, 5) is 22.7. The van der Waals surface area contributed by atoms with E-state index in [2.05, 4.69) is 13.8 Å². The molecule has 0 aromatic rings. The van der Waals surface area contributed by atoms with Gasteiger partial charge in [-0.15, -0.1) is 0 Å². The molecule has 2 nitrogen and oxygen atoms in total. The minimum atomic E-state index is -0.0787. The number of hydrogen-bond donors (Lipinski definition) is 0. The molecule has 2 aliphatic rings. The standard InChI is InChI=1S/C10H14O2/c1-5(2)8-6-3-4-7(8)10(12)9(6)11/h5-8H,3-4H2,1-2H3. The minimum absolute atomic E-state index is 0.0787. The average molecular weight is 166 g/mol. The lowest BCUT2D eigenvalue weighted by Crippen LogP contribution is -2.20. The molecule has 66 valence electrons.